The molecule has 1 N–H and O–H groups in total. The number of amides is 1. The van der Waals surface area contributed by atoms with Gasteiger partial charge in [-0.05, 0) is 67.6 Å². The molecular formula is C21H31NO3. The third-order valence-electron chi connectivity index (χ3n) is 8.71. The number of ketones is 1. The Labute approximate surface area is 150 Å². The van der Waals surface area contributed by atoms with Crippen LogP contribution in [0.15, 0.2) is 0 Å². The summed E-state index contributed by atoms with van der Waals surface area (Å²) in [5.41, 5.74) is 0.282. The second-order valence-electron chi connectivity index (χ2n) is 9.98. The third kappa shape index (κ3) is 2.28. The highest BCUT2D eigenvalue weighted by molar-refractivity contribution is 5.86. The molecule has 4 saturated carbocycles. The summed E-state index contributed by atoms with van der Waals surface area (Å²) < 4.78 is 6.39. The van der Waals surface area contributed by atoms with Gasteiger partial charge in [0.15, 0.2) is 0 Å². The highest BCUT2D eigenvalue weighted by Gasteiger charge is 2.63. The molecule has 4 nitrogen and oxygen atoms in total. The maximum Gasteiger partial charge on any atom is 0.220 e. The van der Waals surface area contributed by atoms with Crippen LogP contribution in [-0.2, 0) is 14.3 Å². The molecule has 5 fully saturated rings. The highest BCUT2D eigenvalue weighted by Crippen LogP contribution is 2.64. The maximum absolute atomic E-state index is 13.2. The van der Waals surface area contributed by atoms with Gasteiger partial charge in [0.1, 0.15) is 5.78 Å². The minimum absolute atomic E-state index is 0.0618. The first-order valence-electron chi connectivity index (χ1n) is 10.4. The first-order valence-corrected chi connectivity index (χ1v) is 10.4. The van der Waals surface area contributed by atoms with Crippen molar-refractivity contribution in [1.82, 2.24) is 5.32 Å². The monoisotopic (exact) mass is 345 g/mol. The van der Waals surface area contributed by atoms with E-state index in [9.17, 15) is 9.59 Å². The third-order valence-corrected chi connectivity index (χ3v) is 8.71. The van der Waals surface area contributed by atoms with E-state index in [4.69, 9.17) is 4.74 Å². The normalized spacial score (nSPS) is 52.2. The number of nitrogens with one attached hydrogen (secondary N) is 1. The van der Waals surface area contributed by atoms with E-state index in [1.54, 1.807) is 0 Å². The molecule has 138 valence electrons. The Morgan fingerprint density at radius 3 is 2.48 bits per heavy atom. The fourth-order valence-corrected chi connectivity index (χ4v) is 6.99. The second-order valence-corrected chi connectivity index (χ2v) is 9.98. The Balaban J connectivity index is 1.44. The van der Waals surface area contributed by atoms with Crippen LogP contribution in [0.1, 0.15) is 71.6 Å². The zero-order valence-corrected chi connectivity index (χ0v) is 15.6. The van der Waals surface area contributed by atoms with E-state index in [1.165, 1.54) is 19.3 Å². The number of hydrogen-bond acceptors (Lipinski definition) is 3. The van der Waals surface area contributed by atoms with Crippen LogP contribution in [0.3, 0.4) is 0 Å². The lowest BCUT2D eigenvalue weighted by Gasteiger charge is -2.59. The standard InChI is InChI=1S/C21H31NO3/c1-20-10-8-18(24)22-16(20)11-15(23)19-13-5-6-17(25-12-3-4-12)21(13,2)9-7-14(19)20/h12-14,16-17,19H,3-11H2,1-2H3,(H,22,24)/t13-,14+,16?,17?,19-,20+,21-/m0/s1. The van der Waals surface area contributed by atoms with Crippen LogP contribution in [0, 0.1) is 28.6 Å². The van der Waals surface area contributed by atoms with Gasteiger partial charge in [0.05, 0.1) is 12.2 Å². The number of carbonyl (C=O) groups is 2. The summed E-state index contributed by atoms with van der Waals surface area (Å²) in [6.07, 6.45) is 10.00. The smallest absolute Gasteiger partial charge is 0.220 e. The van der Waals surface area contributed by atoms with Gasteiger partial charge in [-0.3, -0.25) is 9.59 Å². The van der Waals surface area contributed by atoms with Crippen LogP contribution in [-0.4, -0.2) is 29.9 Å². The van der Waals surface area contributed by atoms with E-state index >= 15 is 0 Å². The summed E-state index contributed by atoms with van der Waals surface area (Å²) in [6, 6.07) is 0.0618. The van der Waals surface area contributed by atoms with Crippen molar-refractivity contribution in [2.75, 3.05) is 0 Å². The molecule has 0 aromatic heterocycles. The van der Waals surface area contributed by atoms with Crippen molar-refractivity contribution in [2.24, 2.45) is 28.6 Å². The van der Waals surface area contributed by atoms with Crippen molar-refractivity contribution in [1.29, 1.82) is 0 Å². The first kappa shape index (κ1) is 16.3. The van der Waals surface area contributed by atoms with Crippen LogP contribution in [0.2, 0.25) is 0 Å². The summed E-state index contributed by atoms with van der Waals surface area (Å²) in [7, 11) is 0. The molecule has 0 aromatic rings. The minimum atomic E-state index is 0.0618. The van der Waals surface area contributed by atoms with E-state index in [1.807, 2.05) is 0 Å². The molecule has 5 aliphatic rings. The molecule has 0 aromatic carbocycles. The molecule has 0 spiro atoms. The van der Waals surface area contributed by atoms with Gasteiger partial charge in [-0.25, -0.2) is 0 Å². The number of fused-ring (bicyclic) bond motifs is 5. The number of hydrogen-bond donors (Lipinski definition) is 1. The van der Waals surface area contributed by atoms with Crippen molar-refractivity contribution >= 4 is 11.7 Å². The molecular weight excluding hydrogens is 314 g/mol. The first-order chi connectivity index (χ1) is 11.9. The highest BCUT2D eigenvalue weighted by atomic mass is 16.5. The number of Topliss-reactive ketones (excluding diaryl/α,β-unsaturated/α-hetero) is 1. The number of ether oxygens (including phenoxy) is 1. The molecule has 1 heterocycles. The van der Waals surface area contributed by atoms with Gasteiger partial charge in [-0.15, -0.1) is 0 Å². The quantitative estimate of drug-likeness (QED) is 0.836. The maximum atomic E-state index is 13.2. The molecule has 1 aliphatic heterocycles. The van der Waals surface area contributed by atoms with E-state index in [0.29, 0.717) is 42.7 Å². The average Bonchev–Trinajstić information content (AvgIpc) is 3.32. The van der Waals surface area contributed by atoms with Crippen molar-refractivity contribution < 1.29 is 14.3 Å². The molecule has 2 unspecified atom stereocenters. The van der Waals surface area contributed by atoms with E-state index in [-0.39, 0.29) is 28.7 Å². The van der Waals surface area contributed by atoms with Crippen LogP contribution in [0.5, 0.6) is 0 Å². The van der Waals surface area contributed by atoms with Crippen LogP contribution in [0.25, 0.3) is 0 Å². The predicted molar refractivity (Wildman–Crippen MR) is 93.8 cm³/mol. The lowest BCUT2D eigenvalue weighted by Crippen LogP contribution is -2.63. The van der Waals surface area contributed by atoms with Gasteiger partial charge in [0, 0.05) is 24.8 Å². The molecule has 0 bridgehead atoms. The zero-order valence-electron chi connectivity index (χ0n) is 15.6. The molecule has 25 heavy (non-hydrogen) atoms. The Bertz CT molecular complexity index is 614. The Hall–Kier alpha value is -0.900. The predicted octanol–water partition coefficient (Wildman–Crippen LogP) is 3.23. The van der Waals surface area contributed by atoms with Crippen LogP contribution >= 0.6 is 0 Å². The van der Waals surface area contributed by atoms with Crippen molar-refractivity contribution in [3.63, 3.8) is 0 Å². The van der Waals surface area contributed by atoms with Crippen LogP contribution < -0.4 is 5.32 Å². The van der Waals surface area contributed by atoms with Gasteiger partial charge in [-0.2, -0.15) is 0 Å². The van der Waals surface area contributed by atoms with Gasteiger partial charge >= 0.3 is 0 Å². The number of piperidine rings is 1. The van der Waals surface area contributed by atoms with E-state index in [2.05, 4.69) is 19.2 Å². The van der Waals surface area contributed by atoms with Crippen molar-refractivity contribution in [2.45, 2.75) is 89.9 Å². The summed E-state index contributed by atoms with van der Waals surface area (Å²) >= 11 is 0. The molecule has 1 amide bonds. The van der Waals surface area contributed by atoms with Crippen molar-refractivity contribution in [3.8, 4) is 0 Å². The molecule has 5 rings (SSSR count). The van der Waals surface area contributed by atoms with Crippen LogP contribution in [0.4, 0.5) is 0 Å². The number of rotatable bonds is 2. The van der Waals surface area contributed by atoms with Gasteiger partial charge in [0.25, 0.3) is 0 Å². The zero-order chi connectivity index (χ0) is 17.4. The Morgan fingerprint density at radius 1 is 0.960 bits per heavy atom. The molecule has 1 saturated heterocycles. The van der Waals surface area contributed by atoms with E-state index < -0.39 is 0 Å². The van der Waals surface area contributed by atoms with Gasteiger partial charge in [-0.1, -0.05) is 13.8 Å². The van der Waals surface area contributed by atoms with Gasteiger partial charge < -0.3 is 10.1 Å². The Kier molecular flexibility index (Phi) is 3.46. The molecule has 0 radical (unpaired) electrons. The van der Waals surface area contributed by atoms with Crippen molar-refractivity contribution in [3.05, 3.63) is 0 Å². The van der Waals surface area contributed by atoms with E-state index in [0.717, 1.165) is 25.7 Å². The fourth-order valence-electron chi connectivity index (χ4n) is 6.99. The summed E-state index contributed by atoms with van der Waals surface area (Å²) in [6.45, 7) is 4.75. The minimum Gasteiger partial charge on any atom is -0.374 e. The lowest BCUT2D eigenvalue weighted by molar-refractivity contribution is -0.158. The Morgan fingerprint density at radius 2 is 1.72 bits per heavy atom. The summed E-state index contributed by atoms with van der Waals surface area (Å²) in [5, 5.41) is 3.15. The topological polar surface area (TPSA) is 55.4 Å². The summed E-state index contributed by atoms with van der Waals surface area (Å²) in [4.78, 5) is 25.0. The number of carbonyl (C=O) groups excluding carboxylic acids is 2. The largest absolute Gasteiger partial charge is 0.374 e. The van der Waals surface area contributed by atoms with Gasteiger partial charge in [0.2, 0.25) is 5.91 Å². The lowest BCUT2D eigenvalue weighted by atomic mass is 9.47. The molecule has 4 heteroatoms. The average molecular weight is 345 g/mol. The SMILES string of the molecule is C[C@]12CCC(=O)NC1CC(=O)[C@@H]1[C@H]2CC[C@]2(C)C(OC3CC3)CC[C@@H]12. The molecule has 7 atom stereocenters. The summed E-state index contributed by atoms with van der Waals surface area (Å²) in [5.74, 6) is 1.67. The fraction of sp³-hybridized carbons (Fsp3) is 0.905. The second kappa shape index (κ2) is 5.31. The molecule has 4 aliphatic carbocycles.